The van der Waals surface area contributed by atoms with Crippen molar-refractivity contribution in [2.75, 3.05) is 13.7 Å². The smallest absolute Gasteiger partial charge is 0.119 e. The van der Waals surface area contributed by atoms with Crippen molar-refractivity contribution in [1.82, 2.24) is 5.32 Å². The summed E-state index contributed by atoms with van der Waals surface area (Å²) in [5.74, 6) is 1.67. The van der Waals surface area contributed by atoms with Gasteiger partial charge in [0, 0.05) is 0 Å². The third-order valence-corrected chi connectivity index (χ3v) is 4.42. The van der Waals surface area contributed by atoms with Gasteiger partial charge in [-0.15, -0.1) is 0 Å². The molecule has 2 aromatic carbocycles. The molecule has 1 atom stereocenters. The number of para-hydroxylation sites is 1. The van der Waals surface area contributed by atoms with Crippen molar-refractivity contribution in [1.29, 1.82) is 0 Å². The third kappa shape index (κ3) is 3.27. The molecule has 0 bridgehead atoms. The van der Waals surface area contributed by atoms with E-state index in [4.69, 9.17) is 4.74 Å². The summed E-state index contributed by atoms with van der Waals surface area (Å²) >= 11 is 0. The lowest BCUT2D eigenvalue weighted by atomic mass is 9.77. The Balaban J connectivity index is 1.73. The van der Waals surface area contributed by atoms with Crippen LogP contribution in [0.2, 0.25) is 0 Å². The number of benzene rings is 2. The molecule has 1 saturated carbocycles. The Morgan fingerprint density at radius 2 is 1.76 bits per heavy atom. The van der Waals surface area contributed by atoms with Crippen molar-refractivity contribution in [2.45, 2.75) is 31.2 Å². The second-order valence-corrected chi connectivity index (χ2v) is 5.72. The van der Waals surface area contributed by atoms with E-state index < -0.39 is 0 Å². The van der Waals surface area contributed by atoms with Crippen molar-refractivity contribution in [3.63, 3.8) is 0 Å². The van der Waals surface area contributed by atoms with Gasteiger partial charge in [-0.1, -0.05) is 48.9 Å². The summed E-state index contributed by atoms with van der Waals surface area (Å²) in [6.45, 7) is 0.657. The Bertz CT molecular complexity index is 563. The molecule has 1 unspecified atom stereocenters. The average Bonchev–Trinajstić information content (AvgIpc) is 2.49. The number of likely N-dealkylation sites (N-methyl/N-ethyl adjacent to an activating group) is 1. The highest BCUT2D eigenvalue weighted by molar-refractivity contribution is 5.34. The van der Waals surface area contributed by atoms with E-state index in [-0.39, 0.29) is 6.04 Å². The van der Waals surface area contributed by atoms with Gasteiger partial charge in [-0.25, -0.2) is 0 Å². The topological polar surface area (TPSA) is 21.3 Å². The lowest BCUT2D eigenvalue weighted by Crippen LogP contribution is -2.25. The van der Waals surface area contributed by atoms with Crippen LogP contribution in [-0.4, -0.2) is 13.7 Å². The molecule has 0 aromatic heterocycles. The first-order valence-corrected chi connectivity index (χ1v) is 7.82. The molecule has 2 nitrogen and oxygen atoms in total. The molecule has 1 aliphatic rings. The Hall–Kier alpha value is -1.80. The number of nitrogens with one attached hydrogen (secondary N) is 1. The van der Waals surface area contributed by atoms with E-state index in [1.165, 1.54) is 30.4 Å². The first-order valence-electron chi connectivity index (χ1n) is 7.82. The summed E-state index contributed by atoms with van der Waals surface area (Å²) in [4.78, 5) is 0. The highest BCUT2D eigenvalue weighted by atomic mass is 16.5. The van der Waals surface area contributed by atoms with E-state index in [1.54, 1.807) is 0 Å². The highest BCUT2D eigenvalue weighted by Crippen LogP contribution is 2.39. The summed E-state index contributed by atoms with van der Waals surface area (Å²) in [5.41, 5.74) is 2.89. The van der Waals surface area contributed by atoms with E-state index in [0.717, 1.165) is 11.7 Å². The van der Waals surface area contributed by atoms with Crippen LogP contribution in [0.3, 0.4) is 0 Å². The summed E-state index contributed by atoms with van der Waals surface area (Å²) in [5, 5.41) is 3.41. The van der Waals surface area contributed by atoms with Crippen LogP contribution in [0.5, 0.6) is 5.75 Å². The molecule has 1 N–H and O–H groups in total. The fourth-order valence-corrected chi connectivity index (χ4v) is 2.94. The Kier molecular flexibility index (Phi) is 4.56. The van der Waals surface area contributed by atoms with E-state index in [1.807, 2.05) is 37.4 Å². The minimum absolute atomic E-state index is 0.238. The van der Waals surface area contributed by atoms with Crippen LogP contribution in [0.4, 0.5) is 0 Å². The van der Waals surface area contributed by atoms with Crippen LogP contribution in [0, 0.1) is 0 Å². The summed E-state index contributed by atoms with van der Waals surface area (Å²) < 4.78 is 5.94. The predicted molar refractivity (Wildman–Crippen MR) is 86.8 cm³/mol. The normalized spacial score (nSPS) is 16.2. The summed E-state index contributed by atoms with van der Waals surface area (Å²) in [7, 11) is 2.01. The van der Waals surface area contributed by atoms with Gasteiger partial charge in [0.05, 0.1) is 6.04 Å². The molecule has 1 aliphatic carbocycles. The second kappa shape index (κ2) is 6.77. The Morgan fingerprint density at radius 1 is 1.05 bits per heavy atom. The van der Waals surface area contributed by atoms with Gasteiger partial charge in [0.2, 0.25) is 0 Å². The number of hydrogen-bond acceptors (Lipinski definition) is 2. The largest absolute Gasteiger partial charge is 0.492 e. The van der Waals surface area contributed by atoms with Gasteiger partial charge in [0.1, 0.15) is 12.4 Å². The van der Waals surface area contributed by atoms with Gasteiger partial charge in [-0.2, -0.15) is 0 Å². The molecular weight excluding hydrogens is 258 g/mol. The third-order valence-electron chi connectivity index (χ3n) is 4.42. The molecule has 21 heavy (non-hydrogen) atoms. The molecule has 0 heterocycles. The molecule has 2 aromatic rings. The first kappa shape index (κ1) is 14.2. The minimum atomic E-state index is 0.238. The van der Waals surface area contributed by atoms with Crippen molar-refractivity contribution in [2.24, 2.45) is 0 Å². The minimum Gasteiger partial charge on any atom is -0.492 e. The van der Waals surface area contributed by atoms with Crippen molar-refractivity contribution in [3.05, 3.63) is 65.7 Å². The Morgan fingerprint density at radius 3 is 2.43 bits per heavy atom. The standard InChI is InChI=1S/C19H23NO/c1-20-19(14-21-16-10-3-2-4-11-16)18-13-6-5-12-17(18)15-8-7-9-15/h2-6,10-13,15,19-20H,7-9,14H2,1H3. The van der Waals surface area contributed by atoms with Gasteiger partial charge in [-0.3, -0.25) is 0 Å². The van der Waals surface area contributed by atoms with E-state index >= 15 is 0 Å². The monoisotopic (exact) mass is 281 g/mol. The SMILES string of the molecule is CNC(COc1ccccc1)c1ccccc1C1CCC1. The fraction of sp³-hybridized carbons (Fsp3) is 0.368. The van der Waals surface area contributed by atoms with E-state index in [9.17, 15) is 0 Å². The molecular formula is C19H23NO. The molecule has 0 spiro atoms. The lowest BCUT2D eigenvalue weighted by molar-refractivity contribution is 0.271. The molecule has 110 valence electrons. The molecule has 2 heteroatoms. The quantitative estimate of drug-likeness (QED) is 0.852. The molecule has 0 saturated heterocycles. The maximum absolute atomic E-state index is 5.94. The molecule has 0 aliphatic heterocycles. The maximum Gasteiger partial charge on any atom is 0.119 e. The maximum atomic E-state index is 5.94. The fourth-order valence-electron chi connectivity index (χ4n) is 2.94. The van der Waals surface area contributed by atoms with Crippen LogP contribution >= 0.6 is 0 Å². The molecule has 0 amide bonds. The van der Waals surface area contributed by atoms with Crippen LogP contribution in [0.15, 0.2) is 54.6 Å². The van der Waals surface area contributed by atoms with Crippen molar-refractivity contribution >= 4 is 0 Å². The van der Waals surface area contributed by atoms with Crippen LogP contribution in [-0.2, 0) is 0 Å². The van der Waals surface area contributed by atoms with Gasteiger partial charge in [0.25, 0.3) is 0 Å². The average molecular weight is 281 g/mol. The van der Waals surface area contributed by atoms with Crippen LogP contribution in [0.1, 0.15) is 42.3 Å². The van der Waals surface area contributed by atoms with E-state index in [2.05, 4.69) is 29.6 Å². The van der Waals surface area contributed by atoms with Crippen molar-refractivity contribution in [3.8, 4) is 5.75 Å². The Labute approximate surface area is 127 Å². The van der Waals surface area contributed by atoms with Gasteiger partial charge >= 0.3 is 0 Å². The van der Waals surface area contributed by atoms with E-state index in [0.29, 0.717) is 6.61 Å². The molecule has 1 fully saturated rings. The second-order valence-electron chi connectivity index (χ2n) is 5.72. The number of rotatable bonds is 6. The molecule has 0 radical (unpaired) electrons. The molecule has 3 rings (SSSR count). The van der Waals surface area contributed by atoms with Gasteiger partial charge in [-0.05, 0) is 49.1 Å². The van der Waals surface area contributed by atoms with Crippen LogP contribution in [0.25, 0.3) is 0 Å². The zero-order valence-electron chi connectivity index (χ0n) is 12.6. The highest BCUT2D eigenvalue weighted by Gasteiger charge is 2.24. The summed E-state index contributed by atoms with van der Waals surface area (Å²) in [6.07, 6.45) is 4.02. The number of hydrogen-bond donors (Lipinski definition) is 1. The van der Waals surface area contributed by atoms with Crippen molar-refractivity contribution < 1.29 is 4.74 Å². The zero-order chi connectivity index (χ0) is 14.5. The first-order chi connectivity index (χ1) is 10.4. The zero-order valence-corrected chi connectivity index (χ0v) is 12.6. The lowest BCUT2D eigenvalue weighted by Gasteiger charge is -2.30. The predicted octanol–water partition coefficient (Wildman–Crippen LogP) is 4.29. The van der Waals surface area contributed by atoms with Gasteiger partial charge < -0.3 is 10.1 Å². The van der Waals surface area contributed by atoms with Gasteiger partial charge in [0.15, 0.2) is 0 Å². The number of ether oxygens (including phenoxy) is 1. The van der Waals surface area contributed by atoms with Crippen LogP contribution < -0.4 is 10.1 Å². The summed E-state index contributed by atoms with van der Waals surface area (Å²) in [6, 6.07) is 19.1.